The molecule has 0 saturated carbocycles. The summed E-state index contributed by atoms with van der Waals surface area (Å²) < 4.78 is 5.98. The molecule has 1 aliphatic rings. The van der Waals surface area contributed by atoms with Crippen LogP contribution in [0.15, 0.2) is 6.07 Å². The summed E-state index contributed by atoms with van der Waals surface area (Å²) in [7, 11) is 0. The van der Waals surface area contributed by atoms with Crippen LogP contribution in [0.5, 0.6) is 0 Å². The first kappa shape index (κ1) is 16.0. The SMILES string of the molecule is CCNc1cc(N2CC(C)OC(C)(C)C2)nc(C(C)C)n1. The van der Waals surface area contributed by atoms with Gasteiger partial charge in [-0.15, -0.1) is 0 Å². The summed E-state index contributed by atoms with van der Waals surface area (Å²) in [6.45, 7) is 15.3. The quantitative estimate of drug-likeness (QED) is 0.924. The van der Waals surface area contributed by atoms with Crippen LogP contribution in [-0.2, 0) is 4.74 Å². The van der Waals surface area contributed by atoms with Crippen molar-refractivity contribution < 1.29 is 4.74 Å². The van der Waals surface area contributed by atoms with E-state index in [-0.39, 0.29) is 11.7 Å². The molecule has 1 saturated heterocycles. The first-order valence-electron chi connectivity index (χ1n) is 7.86. The molecular formula is C16H28N4O. The zero-order valence-electron chi connectivity index (χ0n) is 14.1. The van der Waals surface area contributed by atoms with Crippen LogP contribution in [0.25, 0.3) is 0 Å². The number of aromatic nitrogens is 2. The van der Waals surface area contributed by atoms with E-state index in [1.54, 1.807) is 0 Å². The van der Waals surface area contributed by atoms with Crippen LogP contribution in [0.1, 0.15) is 53.3 Å². The normalized spacial score (nSPS) is 21.7. The third-order valence-corrected chi connectivity index (χ3v) is 3.50. The van der Waals surface area contributed by atoms with E-state index >= 15 is 0 Å². The first-order valence-corrected chi connectivity index (χ1v) is 7.86. The van der Waals surface area contributed by atoms with Crippen molar-refractivity contribution in [3.63, 3.8) is 0 Å². The Morgan fingerprint density at radius 3 is 2.71 bits per heavy atom. The average molecular weight is 292 g/mol. The summed E-state index contributed by atoms with van der Waals surface area (Å²) in [5.74, 6) is 3.10. The molecule has 1 aromatic heterocycles. The molecular weight excluding hydrogens is 264 g/mol. The van der Waals surface area contributed by atoms with E-state index in [0.717, 1.165) is 37.1 Å². The van der Waals surface area contributed by atoms with Crippen molar-refractivity contribution >= 4 is 11.6 Å². The molecule has 5 nitrogen and oxygen atoms in total. The summed E-state index contributed by atoms with van der Waals surface area (Å²) in [6.07, 6.45) is 0.203. The molecule has 1 fully saturated rings. The van der Waals surface area contributed by atoms with Crippen LogP contribution in [-0.4, -0.2) is 41.3 Å². The Labute approximate surface area is 128 Å². The smallest absolute Gasteiger partial charge is 0.135 e. The fourth-order valence-electron chi connectivity index (χ4n) is 2.77. The molecule has 2 rings (SSSR count). The van der Waals surface area contributed by atoms with E-state index < -0.39 is 0 Å². The molecule has 0 spiro atoms. The van der Waals surface area contributed by atoms with Crippen molar-refractivity contribution in [2.45, 2.75) is 59.2 Å². The van der Waals surface area contributed by atoms with E-state index in [1.165, 1.54) is 0 Å². The molecule has 0 aromatic carbocycles. The van der Waals surface area contributed by atoms with Gasteiger partial charge in [0.05, 0.1) is 11.7 Å². The van der Waals surface area contributed by atoms with Gasteiger partial charge in [-0.2, -0.15) is 0 Å². The van der Waals surface area contributed by atoms with Crippen LogP contribution < -0.4 is 10.2 Å². The van der Waals surface area contributed by atoms with Crippen molar-refractivity contribution in [3.05, 3.63) is 11.9 Å². The van der Waals surface area contributed by atoms with Crippen LogP contribution >= 0.6 is 0 Å². The number of rotatable bonds is 4. The summed E-state index contributed by atoms with van der Waals surface area (Å²) in [4.78, 5) is 11.7. The lowest BCUT2D eigenvalue weighted by Gasteiger charge is -2.42. The lowest BCUT2D eigenvalue weighted by molar-refractivity contribution is -0.0751. The molecule has 5 heteroatoms. The zero-order valence-corrected chi connectivity index (χ0v) is 14.1. The lowest BCUT2D eigenvalue weighted by Crippen LogP contribution is -2.52. The lowest BCUT2D eigenvalue weighted by atomic mass is 10.1. The van der Waals surface area contributed by atoms with Gasteiger partial charge in [-0.05, 0) is 27.7 Å². The van der Waals surface area contributed by atoms with E-state index in [4.69, 9.17) is 9.72 Å². The third kappa shape index (κ3) is 4.06. The minimum atomic E-state index is -0.154. The van der Waals surface area contributed by atoms with E-state index in [9.17, 15) is 0 Å². The van der Waals surface area contributed by atoms with Crippen LogP contribution in [0.3, 0.4) is 0 Å². The number of hydrogen-bond donors (Lipinski definition) is 1. The molecule has 0 amide bonds. The maximum absolute atomic E-state index is 5.98. The highest BCUT2D eigenvalue weighted by Crippen LogP contribution is 2.27. The molecule has 1 atom stereocenters. The molecule has 1 N–H and O–H groups in total. The number of hydrogen-bond acceptors (Lipinski definition) is 5. The van der Waals surface area contributed by atoms with Crippen molar-refractivity contribution in [1.82, 2.24) is 9.97 Å². The summed E-state index contributed by atoms with van der Waals surface area (Å²) in [5.41, 5.74) is -0.154. The van der Waals surface area contributed by atoms with Crippen molar-refractivity contribution in [1.29, 1.82) is 0 Å². The van der Waals surface area contributed by atoms with Crippen molar-refractivity contribution in [3.8, 4) is 0 Å². The fraction of sp³-hybridized carbons (Fsp3) is 0.750. The van der Waals surface area contributed by atoms with E-state index in [2.05, 4.69) is 56.7 Å². The Balaban J connectivity index is 2.33. The molecule has 118 valence electrons. The van der Waals surface area contributed by atoms with Gasteiger partial charge in [0, 0.05) is 31.6 Å². The second kappa shape index (κ2) is 6.18. The highest BCUT2D eigenvalue weighted by molar-refractivity contribution is 5.50. The van der Waals surface area contributed by atoms with Gasteiger partial charge in [-0.1, -0.05) is 13.8 Å². The largest absolute Gasteiger partial charge is 0.370 e. The standard InChI is InChI=1S/C16H28N4O/c1-7-17-13-8-14(19-15(18-13)11(2)3)20-9-12(4)21-16(5,6)10-20/h8,11-12H,7,9-10H2,1-6H3,(H,17,18,19). The first-order chi connectivity index (χ1) is 9.80. The van der Waals surface area contributed by atoms with Gasteiger partial charge < -0.3 is 15.0 Å². The minimum Gasteiger partial charge on any atom is -0.370 e. The number of anilines is 2. The van der Waals surface area contributed by atoms with Gasteiger partial charge in [-0.25, -0.2) is 9.97 Å². The zero-order chi connectivity index (χ0) is 15.6. The number of ether oxygens (including phenoxy) is 1. The van der Waals surface area contributed by atoms with Gasteiger partial charge in [-0.3, -0.25) is 0 Å². The Hall–Kier alpha value is -1.36. The summed E-state index contributed by atoms with van der Waals surface area (Å²) in [6, 6.07) is 2.05. The predicted molar refractivity (Wildman–Crippen MR) is 87.1 cm³/mol. The van der Waals surface area contributed by atoms with Gasteiger partial charge in [0.2, 0.25) is 0 Å². The predicted octanol–water partition coefficient (Wildman–Crippen LogP) is 3.04. The Kier molecular flexibility index (Phi) is 4.71. The van der Waals surface area contributed by atoms with Gasteiger partial charge in [0.1, 0.15) is 17.5 Å². The van der Waals surface area contributed by atoms with E-state index in [0.29, 0.717) is 5.92 Å². The Morgan fingerprint density at radius 2 is 2.14 bits per heavy atom. The number of nitrogens with zero attached hydrogens (tertiary/aromatic N) is 3. The molecule has 0 radical (unpaired) electrons. The molecule has 1 unspecified atom stereocenters. The van der Waals surface area contributed by atoms with Crippen LogP contribution in [0.4, 0.5) is 11.6 Å². The third-order valence-electron chi connectivity index (χ3n) is 3.50. The molecule has 2 heterocycles. The molecule has 0 aliphatic carbocycles. The second-order valence-corrected chi connectivity index (χ2v) is 6.72. The summed E-state index contributed by atoms with van der Waals surface area (Å²) in [5, 5.41) is 3.31. The Bertz CT molecular complexity index is 487. The monoisotopic (exact) mass is 292 g/mol. The molecule has 1 aliphatic heterocycles. The fourth-order valence-corrected chi connectivity index (χ4v) is 2.77. The minimum absolute atomic E-state index is 0.154. The van der Waals surface area contributed by atoms with Crippen LogP contribution in [0.2, 0.25) is 0 Å². The number of morpholine rings is 1. The van der Waals surface area contributed by atoms with Gasteiger partial charge in [0.25, 0.3) is 0 Å². The van der Waals surface area contributed by atoms with Gasteiger partial charge >= 0.3 is 0 Å². The number of nitrogens with one attached hydrogen (secondary N) is 1. The summed E-state index contributed by atoms with van der Waals surface area (Å²) >= 11 is 0. The van der Waals surface area contributed by atoms with Crippen LogP contribution in [0, 0.1) is 0 Å². The molecule has 1 aromatic rings. The van der Waals surface area contributed by atoms with Crippen molar-refractivity contribution in [2.24, 2.45) is 0 Å². The maximum Gasteiger partial charge on any atom is 0.135 e. The highest BCUT2D eigenvalue weighted by atomic mass is 16.5. The maximum atomic E-state index is 5.98. The average Bonchev–Trinajstić information content (AvgIpc) is 2.36. The topological polar surface area (TPSA) is 50.3 Å². The molecule has 21 heavy (non-hydrogen) atoms. The second-order valence-electron chi connectivity index (χ2n) is 6.72. The van der Waals surface area contributed by atoms with Gasteiger partial charge in [0.15, 0.2) is 0 Å². The molecule has 0 bridgehead atoms. The van der Waals surface area contributed by atoms with Crippen molar-refractivity contribution in [2.75, 3.05) is 29.9 Å². The highest BCUT2D eigenvalue weighted by Gasteiger charge is 2.32. The Morgan fingerprint density at radius 1 is 1.43 bits per heavy atom. The van der Waals surface area contributed by atoms with E-state index in [1.807, 2.05) is 6.07 Å².